The van der Waals surface area contributed by atoms with Gasteiger partial charge in [-0.2, -0.15) is 5.10 Å². The van der Waals surface area contributed by atoms with E-state index < -0.39 is 0 Å². The molecular weight excluding hydrogens is 692 g/mol. The number of carbonyl (C=O) groups is 2. The highest BCUT2D eigenvalue weighted by Crippen LogP contribution is 2.41. The summed E-state index contributed by atoms with van der Waals surface area (Å²) in [7, 11) is 0. The SMILES string of the molecule is Cc1ccc(-n2nc(C(C)(C)C)cc2NC(=O)Nc2ccc(CC3CC4CCC(C3)N4C(=O)C3CCCN(c4ncc(Br)cn4)C3)cc2)cc1. The van der Waals surface area contributed by atoms with Gasteiger partial charge < -0.3 is 15.1 Å². The van der Waals surface area contributed by atoms with Crippen LogP contribution in [0.2, 0.25) is 0 Å². The molecule has 0 saturated carbocycles. The summed E-state index contributed by atoms with van der Waals surface area (Å²) in [6.07, 6.45) is 10.7. The zero-order valence-electron chi connectivity index (χ0n) is 29.4. The third-order valence-electron chi connectivity index (χ3n) is 10.5. The zero-order valence-corrected chi connectivity index (χ0v) is 31.0. The topological polar surface area (TPSA) is 108 Å². The predicted molar refractivity (Wildman–Crippen MR) is 201 cm³/mol. The van der Waals surface area contributed by atoms with Crippen molar-refractivity contribution >= 4 is 45.3 Å². The van der Waals surface area contributed by atoms with Crippen LogP contribution in [0.3, 0.4) is 0 Å². The van der Waals surface area contributed by atoms with Gasteiger partial charge in [-0.15, -0.1) is 0 Å². The number of nitrogens with zero attached hydrogens (tertiary/aromatic N) is 6. The number of urea groups is 1. The van der Waals surface area contributed by atoms with Crippen LogP contribution >= 0.6 is 15.9 Å². The minimum absolute atomic E-state index is 0.00315. The van der Waals surface area contributed by atoms with Gasteiger partial charge in [-0.3, -0.25) is 10.1 Å². The van der Waals surface area contributed by atoms with Crippen molar-refractivity contribution in [2.24, 2.45) is 11.8 Å². The summed E-state index contributed by atoms with van der Waals surface area (Å²) in [4.78, 5) is 40.4. The molecule has 11 heteroatoms. The van der Waals surface area contributed by atoms with E-state index in [1.165, 1.54) is 5.56 Å². The third kappa shape index (κ3) is 7.57. The third-order valence-corrected chi connectivity index (χ3v) is 10.9. The van der Waals surface area contributed by atoms with Crippen molar-refractivity contribution in [1.29, 1.82) is 0 Å². The molecule has 262 valence electrons. The number of piperidine rings is 2. The average molecular weight is 740 g/mol. The lowest BCUT2D eigenvalue weighted by molar-refractivity contribution is -0.141. The Kier molecular flexibility index (Phi) is 9.69. The molecule has 4 aromatic rings. The van der Waals surface area contributed by atoms with Crippen LogP contribution in [0.15, 0.2) is 71.5 Å². The number of amides is 3. The Morgan fingerprint density at radius 3 is 2.26 bits per heavy atom. The number of nitrogens with one attached hydrogen (secondary N) is 2. The van der Waals surface area contributed by atoms with Crippen LogP contribution in [-0.4, -0.2) is 61.8 Å². The Morgan fingerprint density at radius 2 is 1.60 bits per heavy atom. The lowest BCUT2D eigenvalue weighted by atomic mass is 9.84. The molecule has 2 N–H and O–H groups in total. The Morgan fingerprint density at radius 1 is 0.920 bits per heavy atom. The molecule has 3 fully saturated rings. The van der Waals surface area contributed by atoms with E-state index in [0.717, 1.165) is 78.6 Å². The first-order valence-electron chi connectivity index (χ1n) is 17.9. The normalized spacial score (nSPS) is 22.0. The summed E-state index contributed by atoms with van der Waals surface area (Å²) < 4.78 is 2.65. The number of hydrogen-bond acceptors (Lipinski definition) is 6. The maximum absolute atomic E-state index is 13.9. The Balaban J connectivity index is 0.939. The predicted octanol–water partition coefficient (Wildman–Crippen LogP) is 7.90. The summed E-state index contributed by atoms with van der Waals surface area (Å²) in [5.74, 6) is 2.18. The maximum atomic E-state index is 13.9. The van der Waals surface area contributed by atoms with Crippen LogP contribution in [0.1, 0.15) is 76.1 Å². The van der Waals surface area contributed by atoms with Gasteiger partial charge in [-0.25, -0.2) is 19.4 Å². The number of hydrogen-bond donors (Lipinski definition) is 2. The number of halogens is 1. The first kappa shape index (κ1) is 34.2. The molecule has 0 spiro atoms. The van der Waals surface area contributed by atoms with E-state index in [-0.39, 0.29) is 17.4 Å². The van der Waals surface area contributed by atoms with Gasteiger partial charge in [0.2, 0.25) is 11.9 Å². The second-order valence-corrected chi connectivity index (χ2v) is 16.3. The molecule has 0 aliphatic carbocycles. The second kappa shape index (κ2) is 14.2. The van der Waals surface area contributed by atoms with Crippen LogP contribution in [-0.2, 0) is 16.6 Å². The van der Waals surface area contributed by atoms with Gasteiger partial charge in [0, 0.05) is 54.7 Å². The molecule has 10 nitrogen and oxygen atoms in total. The van der Waals surface area contributed by atoms with Gasteiger partial charge in [-0.05, 0) is 104 Å². The Hall–Kier alpha value is -4.25. The summed E-state index contributed by atoms with van der Waals surface area (Å²) in [6, 6.07) is 18.6. The standard InChI is InChI=1S/C39H47BrN8O2/c1-25-7-13-31(14-8-25)48-35(21-34(45-48)39(2,3)4)44-38(50)43-30-11-9-26(10-12-30)18-27-19-32-15-16-33(20-27)47(32)36(49)28-6-5-17-46(24-28)37-41-22-29(40)23-42-37/h7-14,21-23,27-28,32-33H,5-6,15-20,24H2,1-4H3,(H2,43,44,50). The first-order chi connectivity index (χ1) is 24.0. The second-order valence-electron chi connectivity index (χ2n) is 15.3. The summed E-state index contributed by atoms with van der Waals surface area (Å²) in [5, 5.41) is 10.8. The molecule has 3 saturated heterocycles. The lowest BCUT2D eigenvalue weighted by Gasteiger charge is -2.42. The molecule has 50 heavy (non-hydrogen) atoms. The van der Waals surface area contributed by atoms with Gasteiger partial charge in [0.1, 0.15) is 5.82 Å². The van der Waals surface area contributed by atoms with E-state index in [9.17, 15) is 9.59 Å². The molecule has 2 bridgehead atoms. The van der Waals surface area contributed by atoms with E-state index in [1.807, 2.05) is 42.5 Å². The van der Waals surface area contributed by atoms with Crippen molar-refractivity contribution < 1.29 is 9.59 Å². The fourth-order valence-corrected chi connectivity index (χ4v) is 8.12. The molecular formula is C39H47BrN8O2. The quantitative estimate of drug-likeness (QED) is 0.200. The van der Waals surface area contributed by atoms with Gasteiger partial charge >= 0.3 is 6.03 Å². The number of aryl methyl sites for hydroxylation is 1. The van der Waals surface area contributed by atoms with Crippen molar-refractivity contribution in [3.05, 3.63) is 88.3 Å². The van der Waals surface area contributed by atoms with E-state index in [1.54, 1.807) is 17.1 Å². The highest BCUT2D eigenvalue weighted by atomic mass is 79.9. The van der Waals surface area contributed by atoms with Crippen molar-refractivity contribution in [1.82, 2.24) is 24.6 Å². The largest absolute Gasteiger partial charge is 0.340 e. The molecule has 0 radical (unpaired) electrons. The first-order valence-corrected chi connectivity index (χ1v) is 18.7. The van der Waals surface area contributed by atoms with Crippen molar-refractivity contribution in [2.75, 3.05) is 28.6 Å². The van der Waals surface area contributed by atoms with Crippen LogP contribution < -0.4 is 15.5 Å². The van der Waals surface area contributed by atoms with E-state index >= 15 is 0 Å². The number of anilines is 3. The summed E-state index contributed by atoms with van der Waals surface area (Å²) in [5.41, 5.74) is 4.77. The average Bonchev–Trinajstić information content (AvgIpc) is 3.64. The zero-order chi connectivity index (χ0) is 35.0. The minimum Gasteiger partial charge on any atom is -0.340 e. The van der Waals surface area contributed by atoms with Gasteiger partial charge in [0.15, 0.2) is 0 Å². The minimum atomic E-state index is -0.314. The Bertz CT molecular complexity index is 1800. The van der Waals surface area contributed by atoms with Crippen molar-refractivity contribution in [2.45, 2.75) is 90.1 Å². The summed E-state index contributed by atoms with van der Waals surface area (Å²) >= 11 is 3.41. The molecule has 3 atom stereocenters. The molecule has 2 aromatic heterocycles. The molecule has 3 aliphatic heterocycles. The molecule has 7 rings (SSSR count). The van der Waals surface area contributed by atoms with Crippen LogP contribution in [0.4, 0.5) is 22.2 Å². The molecule has 3 amide bonds. The Labute approximate surface area is 303 Å². The van der Waals surface area contributed by atoms with Crippen molar-refractivity contribution in [3.8, 4) is 5.69 Å². The summed E-state index contributed by atoms with van der Waals surface area (Å²) in [6.45, 7) is 9.96. The monoisotopic (exact) mass is 738 g/mol. The lowest BCUT2D eigenvalue weighted by Crippen LogP contribution is -2.52. The van der Waals surface area contributed by atoms with Gasteiger partial charge in [0.25, 0.3) is 0 Å². The fraction of sp³-hybridized carbons (Fsp3) is 0.462. The van der Waals surface area contributed by atoms with E-state index in [0.29, 0.717) is 42.2 Å². The van der Waals surface area contributed by atoms with Gasteiger partial charge in [-0.1, -0.05) is 50.6 Å². The highest BCUT2D eigenvalue weighted by Gasteiger charge is 2.45. The number of benzene rings is 2. The van der Waals surface area contributed by atoms with Crippen LogP contribution in [0, 0.1) is 18.8 Å². The highest BCUT2D eigenvalue weighted by molar-refractivity contribution is 9.10. The van der Waals surface area contributed by atoms with Gasteiger partial charge in [0.05, 0.1) is 21.8 Å². The number of carbonyl (C=O) groups excluding carboxylic acids is 2. The maximum Gasteiger partial charge on any atom is 0.324 e. The molecule has 3 aliphatic rings. The van der Waals surface area contributed by atoms with E-state index in [4.69, 9.17) is 5.10 Å². The van der Waals surface area contributed by atoms with Crippen molar-refractivity contribution in [3.63, 3.8) is 0 Å². The van der Waals surface area contributed by atoms with Crippen LogP contribution in [0.5, 0.6) is 0 Å². The molecule has 5 heterocycles. The molecule has 3 unspecified atom stereocenters. The molecule has 2 aromatic carbocycles. The number of aromatic nitrogens is 4. The van der Waals surface area contributed by atoms with E-state index in [2.05, 4.69) is 86.2 Å². The van der Waals surface area contributed by atoms with Crippen LogP contribution in [0.25, 0.3) is 5.69 Å². The number of rotatable bonds is 7. The number of fused-ring (bicyclic) bond motifs is 2. The smallest absolute Gasteiger partial charge is 0.324 e. The fourth-order valence-electron chi connectivity index (χ4n) is 7.91.